The zero-order chi connectivity index (χ0) is 22.1. The van der Waals surface area contributed by atoms with Gasteiger partial charge < -0.3 is 15.5 Å². The lowest BCUT2D eigenvalue weighted by molar-refractivity contribution is -0.136. The number of amides is 3. The van der Waals surface area contributed by atoms with Crippen LogP contribution in [-0.2, 0) is 22.7 Å². The number of nitrogens with zero attached hydrogens (tertiary/aromatic N) is 3. The van der Waals surface area contributed by atoms with Gasteiger partial charge in [0, 0.05) is 42.9 Å². The van der Waals surface area contributed by atoms with Crippen LogP contribution in [-0.4, -0.2) is 51.7 Å². The summed E-state index contributed by atoms with van der Waals surface area (Å²) in [5.74, 6) is 0.129. The maximum Gasteiger partial charge on any atom is 0.255 e. The highest BCUT2D eigenvalue weighted by Gasteiger charge is 2.39. The van der Waals surface area contributed by atoms with Crippen molar-refractivity contribution >= 4 is 23.7 Å². The summed E-state index contributed by atoms with van der Waals surface area (Å²) >= 11 is 0. The van der Waals surface area contributed by atoms with Crippen molar-refractivity contribution in [3.63, 3.8) is 0 Å². The number of imide groups is 1. The highest BCUT2D eigenvalue weighted by molar-refractivity contribution is 6.06. The third kappa shape index (κ3) is 3.95. The van der Waals surface area contributed by atoms with E-state index in [0.717, 1.165) is 42.8 Å². The first-order valence-electron chi connectivity index (χ1n) is 11.1. The van der Waals surface area contributed by atoms with Crippen molar-refractivity contribution in [1.29, 1.82) is 0 Å². The molecule has 9 heteroatoms. The van der Waals surface area contributed by atoms with Crippen LogP contribution in [0.5, 0.6) is 0 Å². The van der Waals surface area contributed by atoms with Gasteiger partial charge in [0.15, 0.2) is 0 Å². The molecule has 0 spiro atoms. The molecule has 4 heterocycles. The van der Waals surface area contributed by atoms with Crippen molar-refractivity contribution in [3.05, 3.63) is 52.8 Å². The van der Waals surface area contributed by atoms with Gasteiger partial charge in [-0.3, -0.25) is 19.7 Å². The number of hydrogen-bond acceptors (Lipinski definition) is 7. The molecule has 32 heavy (non-hydrogen) atoms. The summed E-state index contributed by atoms with van der Waals surface area (Å²) in [6, 6.07) is 7.11. The van der Waals surface area contributed by atoms with Gasteiger partial charge >= 0.3 is 0 Å². The second kappa shape index (κ2) is 8.66. The zero-order valence-electron chi connectivity index (χ0n) is 17.8. The molecule has 3 aliphatic heterocycles. The summed E-state index contributed by atoms with van der Waals surface area (Å²) in [5.41, 5.74) is 3.41. The zero-order valence-corrected chi connectivity index (χ0v) is 17.8. The Bertz CT molecular complexity index is 1070. The molecule has 1 atom stereocenters. The molecule has 0 bridgehead atoms. The molecule has 9 nitrogen and oxygen atoms in total. The predicted octanol–water partition coefficient (Wildman–Crippen LogP) is 1.32. The van der Waals surface area contributed by atoms with Crippen LogP contribution in [0.3, 0.4) is 0 Å². The number of aromatic nitrogens is 2. The number of hydrogen-bond donors (Lipinski definition) is 3. The van der Waals surface area contributed by atoms with E-state index in [1.54, 1.807) is 11.1 Å². The van der Waals surface area contributed by atoms with Crippen LogP contribution in [0.4, 0.5) is 5.95 Å². The molecule has 3 aliphatic rings. The van der Waals surface area contributed by atoms with Crippen molar-refractivity contribution in [2.24, 2.45) is 0 Å². The van der Waals surface area contributed by atoms with Gasteiger partial charge in [-0.15, -0.1) is 0 Å². The van der Waals surface area contributed by atoms with E-state index in [-0.39, 0.29) is 18.2 Å². The van der Waals surface area contributed by atoms with Crippen LogP contribution in [0.1, 0.15) is 58.8 Å². The highest BCUT2D eigenvalue weighted by atomic mass is 16.2. The van der Waals surface area contributed by atoms with Gasteiger partial charge in [0.25, 0.3) is 5.91 Å². The Balaban J connectivity index is 1.31. The Labute approximate surface area is 186 Å². The monoisotopic (exact) mass is 434 g/mol. The number of fused-ring (bicyclic) bond motifs is 1. The summed E-state index contributed by atoms with van der Waals surface area (Å²) < 4.78 is 0. The quantitative estimate of drug-likeness (QED) is 0.608. The van der Waals surface area contributed by atoms with Crippen LogP contribution < -0.4 is 16.0 Å². The third-order valence-corrected chi connectivity index (χ3v) is 6.51. The molecular weight excluding hydrogens is 408 g/mol. The SMILES string of the molecule is O=C1CCC(N2Cc3cccc(CNc4nccc(C5CCNCC5)n4)c3C2=O)C(=O)N1. The first-order chi connectivity index (χ1) is 15.6. The van der Waals surface area contributed by atoms with Crippen LogP contribution in [0, 0.1) is 0 Å². The van der Waals surface area contributed by atoms with Crippen LogP contribution in [0.2, 0.25) is 0 Å². The molecule has 1 unspecified atom stereocenters. The first kappa shape index (κ1) is 20.6. The van der Waals surface area contributed by atoms with Crippen molar-refractivity contribution in [2.75, 3.05) is 18.4 Å². The minimum atomic E-state index is -0.613. The Hall–Kier alpha value is -3.33. The first-order valence-corrected chi connectivity index (χ1v) is 11.1. The topological polar surface area (TPSA) is 116 Å². The fourth-order valence-corrected chi connectivity index (χ4v) is 4.81. The molecule has 1 aromatic carbocycles. The van der Waals surface area contributed by atoms with Gasteiger partial charge in [0.1, 0.15) is 6.04 Å². The fourth-order valence-electron chi connectivity index (χ4n) is 4.81. The van der Waals surface area contributed by atoms with E-state index in [1.807, 2.05) is 24.3 Å². The number of piperidine rings is 2. The highest BCUT2D eigenvalue weighted by Crippen LogP contribution is 2.30. The Morgan fingerprint density at radius 2 is 1.94 bits per heavy atom. The maximum atomic E-state index is 13.2. The van der Waals surface area contributed by atoms with Crippen LogP contribution in [0.15, 0.2) is 30.5 Å². The number of carbonyl (C=O) groups excluding carboxylic acids is 3. The number of benzene rings is 1. The average Bonchev–Trinajstić information content (AvgIpc) is 3.15. The minimum absolute atomic E-state index is 0.170. The number of rotatable bonds is 5. The van der Waals surface area contributed by atoms with Gasteiger partial charge in [-0.2, -0.15) is 0 Å². The smallest absolute Gasteiger partial charge is 0.255 e. The number of anilines is 1. The van der Waals surface area contributed by atoms with E-state index < -0.39 is 11.9 Å². The standard InChI is InChI=1S/C23H26N6O3/c30-19-5-4-18(21(31)28-19)29-13-16-3-1-2-15(20(16)22(29)32)12-26-23-25-11-8-17(27-23)14-6-9-24-10-7-14/h1-3,8,11,14,18,24H,4-7,9-10,12-13H2,(H,25,26,27)(H,28,30,31). The minimum Gasteiger partial charge on any atom is -0.350 e. The largest absolute Gasteiger partial charge is 0.350 e. The van der Waals surface area contributed by atoms with Crippen LogP contribution in [0.25, 0.3) is 0 Å². The summed E-state index contributed by atoms with van der Waals surface area (Å²) in [4.78, 5) is 47.6. The molecule has 3 N–H and O–H groups in total. The van der Waals surface area contributed by atoms with Crippen molar-refractivity contribution < 1.29 is 14.4 Å². The second-order valence-corrected chi connectivity index (χ2v) is 8.53. The van der Waals surface area contributed by atoms with Gasteiger partial charge in [0.05, 0.1) is 0 Å². The van der Waals surface area contributed by atoms with E-state index in [1.165, 1.54) is 0 Å². The molecule has 5 rings (SSSR count). The van der Waals surface area contributed by atoms with Crippen LogP contribution >= 0.6 is 0 Å². The summed E-state index contributed by atoms with van der Waals surface area (Å²) in [5, 5.41) is 8.98. The normalized spacial score (nSPS) is 21.4. The lowest BCUT2D eigenvalue weighted by atomic mass is 9.94. The fraction of sp³-hybridized carbons (Fsp3) is 0.435. The number of nitrogens with one attached hydrogen (secondary N) is 3. The molecule has 3 amide bonds. The van der Waals surface area contributed by atoms with E-state index >= 15 is 0 Å². The van der Waals surface area contributed by atoms with Crippen molar-refractivity contribution in [2.45, 2.75) is 50.7 Å². The van der Waals surface area contributed by atoms with Gasteiger partial charge in [-0.05, 0) is 49.5 Å². The van der Waals surface area contributed by atoms with E-state index in [0.29, 0.717) is 36.9 Å². The third-order valence-electron chi connectivity index (χ3n) is 6.51. The average molecular weight is 435 g/mol. The second-order valence-electron chi connectivity index (χ2n) is 8.53. The summed E-state index contributed by atoms with van der Waals surface area (Å²) in [6.45, 7) is 2.78. The molecule has 2 saturated heterocycles. The van der Waals surface area contributed by atoms with Gasteiger partial charge in [0.2, 0.25) is 17.8 Å². The van der Waals surface area contributed by atoms with E-state index in [9.17, 15) is 14.4 Å². The molecule has 2 aromatic rings. The number of carbonyl (C=O) groups is 3. The summed E-state index contributed by atoms with van der Waals surface area (Å²) in [7, 11) is 0. The molecule has 166 valence electrons. The summed E-state index contributed by atoms with van der Waals surface area (Å²) in [6.07, 6.45) is 4.50. The van der Waals surface area contributed by atoms with E-state index in [2.05, 4.69) is 20.9 Å². The van der Waals surface area contributed by atoms with Crippen molar-refractivity contribution in [3.8, 4) is 0 Å². The molecule has 0 saturated carbocycles. The Morgan fingerprint density at radius 1 is 1.09 bits per heavy atom. The Kier molecular flexibility index (Phi) is 5.57. The maximum absolute atomic E-state index is 13.2. The van der Waals surface area contributed by atoms with Gasteiger partial charge in [-0.1, -0.05) is 18.2 Å². The molecule has 2 fully saturated rings. The molecule has 0 radical (unpaired) electrons. The molecule has 1 aromatic heterocycles. The Morgan fingerprint density at radius 3 is 2.75 bits per heavy atom. The predicted molar refractivity (Wildman–Crippen MR) is 117 cm³/mol. The lowest BCUT2D eigenvalue weighted by Crippen LogP contribution is -2.52. The van der Waals surface area contributed by atoms with Crippen molar-refractivity contribution in [1.82, 2.24) is 25.5 Å². The lowest BCUT2D eigenvalue weighted by Gasteiger charge is -2.29. The van der Waals surface area contributed by atoms with Gasteiger partial charge in [-0.25, -0.2) is 9.97 Å². The molecular formula is C23H26N6O3. The molecule has 0 aliphatic carbocycles. The van der Waals surface area contributed by atoms with E-state index in [4.69, 9.17) is 4.98 Å².